The van der Waals surface area contributed by atoms with Crippen molar-refractivity contribution in [3.05, 3.63) is 11.8 Å². The van der Waals surface area contributed by atoms with E-state index in [1.165, 1.54) is 0 Å². The van der Waals surface area contributed by atoms with Crippen LogP contribution in [0.2, 0.25) is 0 Å². The fourth-order valence-corrected chi connectivity index (χ4v) is 1.11. The standard InChI is InChI=1S/C13H24N2O2/c1-6-17-13(16)12(9-11(4)5)15-14-8-7-10(2)3/h9-11H,6-8H2,1-5H3. The van der Waals surface area contributed by atoms with E-state index < -0.39 is 5.97 Å². The molecule has 0 aromatic rings. The van der Waals surface area contributed by atoms with Gasteiger partial charge in [0.1, 0.15) is 0 Å². The first-order valence-electron chi connectivity index (χ1n) is 6.23. The molecule has 0 saturated carbocycles. The highest BCUT2D eigenvalue weighted by Gasteiger charge is 2.10. The summed E-state index contributed by atoms with van der Waals surface area (Å²) in [6, 6.07) is 0. The van der Waals surface area contributed by atoms with Gasteiger partial charge in [-0.1, -0.05) is 27.7 Å². The second-order valence-electron chi connectivity index (χ2n) is 4.66. The van der Waals surface area contributed by atoms with E-state index in [9.17, 15) is 4.79 Å². The Morgan fingerprint density at radius 2 is 1.94 bits per heavy atom. The van der Waals surface area contributed by atoms with Crippen LogP contribution in [0, 0.1) is 11.8 Å². The summed E-state index contributed by atoms with van der Waals surface area (Å²) in [5.74, 6) is 0.446. The number of ether oxygens (including phenoxy) is 1. The lowest BCUT2D eigenvalue weighted by Gasteiger charge is -2.03. The average molecular weight is 240 g/mol. The van der Waals surface area contributed by atoms with Gasteiger partial charge in [0, 0.05) is 0 Å². The molecule has 0 aromatic heterocycles. The summed E-state index contributed by atoms with van der Waals surface area (Å²) in [6.07, 6.45) is 2.75. The summed E-state index contributed by atoms with van der Waals surface area (Å²) in [4.78, 5) is 11.6. The van der Waals surface area contributed by atoms with Crippen molar-refractivity contribution in [1.29, 1.82) is 0 Å². The van der Waals surface area contributed by atoms with E-state index in [0.717, 1.165) is 6.42 Å². The minimum Gasteiger partial charge on any atom is -0.461 e. The minimum atomic E-state index is -0.394. The van der Waals surface area contributed by atoms with Crippen molar-refractivity contribution in [2.75, 3.05) is 13.2 Å². The number of rotatable bonds is 7. The molecule has 0 heterocycles. The van der Waals surface area contributed by atoms with Gasteiger partial charge >= 0.3 is 5.97 Å². The number of esters is 1. The molecule has 0 radical (unpaired) electrons. The van der Waals surface area contributed by atoms with Crippen molar-refractivity contribution in [2.45, 2.75) is 41.0 Å². The first-order valence-corrected chi connectivity index (χ1v) is 6.23. The zero-order valence-electron chi connectivity index (χ0n) is 11.6. The van der Waals surface area contributed by atoms with E-state index in [1.54, 1.807) is 13.0 Å². The van der Waals surface area contributed by atoms with Gasteiger partial charge in [-0.25, -0.2) is 4.79 Å². The Labute approximate surface area is 104 Å². The van der Waals surface area contributed by atoms with Crippen molar-refractivity contribution in [3.63, 3.8) is 0 Å². The van der Waals surface area contributed by atoms with Gasteiger partial charge in [0.05, 0.1) is 13.2 Å². The molecule has 98 valence electrons. The monoisotopic (exact) mass is 240 g/mol. The van der Waals surface area contributed by atoms with Crippen LogP contribution in [0.25, 0.3) is 0 Å². The van der Waals surface area contributed by atoms with Crippen LogP contribution < -0.4 is 0 Å². The predicted octanol–water partition coefficient (Wildman–Crippen LogP) is 3.59. The number of carbonyl (C=O) groups is 1. The van der Waals surface area contributed by atoms with Gasteiger partial charge in [0.15, 0.2) is 5.70 Å². The van der Waals surface area contributed by atoms with Crippen LogP contribution in [0.3, 0.4) is 0 Å². The quantitative estimate of drug-likeness (QED) is 0.388. The van der Waals surface area contributed by atoms with Gasteiger partial charge in [-0.2, -0.15) is 5.11 Å². The lowest BCUT2D eigenvalue weighted by Crippen LogP contribution is -2.07. The van der Waals surface area contributed by atoms with Gasteiger partial charge in [-0.05, 0) is 31.3 Å². The number of hydrogen-bond donors (Lipinski definition) is 0. The average Bonchev–Trinajstić information content (AvgIpc) is 2.22. The Morgan fingerprint density at radius 3 is 2.41 bits per heavy atom. The van der Waals surface area contributed by atoms with E-state index in [4.69, 9.17) is 4.74 Å². The topological polar surface area (TPSA) is 51.0 Å². The number of carbonyl (C=O) groups excluding carboxylic acids is 1. The van der Waals surface area contributed by atoms with Crippen LogP contribution in [-0.4, -0.2) is 19.1 Å². The third-order valence-electron chi connectivity index (χ3n) is 1.96. The summed E-state index contributed by atoms with van der Waals surface area (Å²) in [5.41, 5.74) is 0.311. The molecule has 4 nitrogen and oxygen atoms in total. The summed E-state index contributed by atoms with van der Waals surface area (Å²) in [6.45, 7) is 11.0. The number of allylic oxidation sites excluding steroid dienone is 1. The second-order valence-corrected chi connectivity index (χ2v) is 4.66. The number of hydrogen-bond acceptors (Lipinski definition) is 4. The molecule has 0 unspecified atom stereocenters. The van der Waals surface area contributed by atoms with Crippen LogP contribution in [0.1, 0.15) is 41.0 Å². The van der Waals surface area contributed by atoms with Gasteiger partial charge in [-0.15, -0.1) is 5.11 Å². The van der Waals surface area contributed by atoms with Crippen LogP contribution in [0.4, 0.5) is 0 Å². The van der Waals surface area contributed by atoms with Gasteiger partial charge < -0.3 is 4.74 Å². The summed E-state index contributed by atoms with van der Waals surface area (Å²) in [7, 11) is 0. The highest BCUT2D eigenvalue weighted by molar-refractivity contribution is 5.87. The van der Waals surface area contributed by atoms with Crippen LogP contribution in [-0.2, 0) is 9.53 Å². The fourth-order valence-electron chi connectivity index (χ4n) is 1.11. The Hall–Kier alpha value is -1.19. The highest BCUT2D eigenvalue weighted by atomic mass is 16.5. The molecule has 0 N–H and O–H groups in total. The molecule has 0 aliphatic rings. The van der Waals surface area contributed by atoms with Crippen molar-refractivity contribution in [3.8, 4) is 0 Å². The fraction of sp³-hybridized carbons (Fsp3) is 0.769. The molecule has 0 bridgehead atoms. The van der Waals surface area contributed by atoms with Gasteiger partial charge in [0.2, 0.25) is 0 Å². The molecule has 4 heteroatoms. The van der Waals surface area contributed by atoms with Crippen molar-refractivity contribution in [2.24, 2.45) is 22.1 Å². The third-order valence-corrected chi connectivity index (χ3v) is 1.96. The van der Waals surface area contributed by atoms with Crippen molar-refractivity contribution in [1.82, 2.24) is 0 Å². The van der Waals surface area contributed by atoms with Crippen LogP contribution in [0.15, 0.2) is 22.0 Å². The summed E-state index contributed by atoms with van der Waals surface area (Å²) in [5, 5.41) is 7.99. The summed E-state index contributed by atoms with van der Waals surface area (Å²) >= 11 is 0. The molecule has 0 spiro atoms. The second kappa shape index (κ2) is 8.90. The van der Waals surface area contributed by atoms with E-state index in [0.29, 0.717) is 24.8 Å². The van der Waals surface area contributed by atoms with E-state index in [1.807, 2.05) is 13.8 Å². The molecule has 0 aliphatic carbocycles. The molecule has 0 atom stereocenters. The van der Waals surface area contributed by atoms with Gasteiger partial charge in [-0.3, -0.25) is 0 Å². The van der Waals surface area contributed by atoms with Crippen LogP contribution >= 0.6 is 0 Å². The van der Waals surface area contributed by atoms with Gasteiger partial charge in [0.25, 0.3) is 0 Å². The summed E-state index contributed by atoms with van der Waals surface area (Å²) < 4.78 is 4.92. The molecule has 17 heavy (non-hydrogen) atoms. The Bertz CT molecular complexity index is 281. The molecule has 0 amide bonds. The third kappa shape index (κ3) is 8.60. The largest absolute Gasteiger partial charge is 0.461 e. The molecular weight excluding hydrogens is 216 g/mol. The molecular formula is C13H24N2O2. The predicted molar refractivity (Wildman–Crippen MR) is 68.7 cm³/mol. The normalized spacial score (nSPS) is 12.8. The Morgan fingerprint density at radius 1 is 1.29 bits per heavy atom. The SMILES string of the molecule is CCOC(=O)C(=CC(C)C)N=NCCC(C)C. The maximum atomic E-state index is 11.6. The van der Waals surface area contributed by atoms with E-state index in [-0.39, 0.29) is 5.92 Å². The lowest BCUT2D eigenvalue weighted by atomic mass is 10.1. The minimum absolute atomic E-state index is 0.249. The van der Waals surface area contributed by atoms with Crippen LogP contribution in [0.5, 0.6) is 0 Å². The van der Waals surface area contributed by atoms with Crippen molar-refractivity contribution >= 4 is 5.97 Å². The highest BCUT2D eigenvalue weighted by Crippen LogP contribution is 2.08. The zero-order valence-corrected chi connectivity index (χ0v) is 11.6. The first kappa shape index (κ1) is 15.8. The molecule has 0 fully saturated rings. The van der Waals surface area contributed by atoms with E-state index >= 15 is 0 Å². The maximum Gasteiger partial charge on any atom is 0.358 e. The molecule has 0 aliphatic heterocycles. The lowest BCUT2D eigenvalue weighted by molar-refractivity contribution is -0.138. The molecule has 0 aromatic carbocycles. The Kier molecular flexibility index (Phi) is 8.28. The zero-order chi connectivity index (χ0) is 13.3. The Balaban J connectivity index is 4.44. The van der Waals surface area contributed by atoms with E-state index in [2.05, 4.69) is 24.1 Å². The van der Waals surface area contributed by atoms with Crippen molar-refractivity contribution < 1.29 is 9.53 Å². The smallest absolute Gasteiger partial charge is 0.358 e. The molecule has 0 saturated heterocycles. The molecule has 0 rings (SSSR count). The number of nitrogens with zero attached hydrogens (tertiary/aromatic N) is 2. The maximum absolute atomic E-state index is 11.6. The first-order chi connectivity index (χ1) is 7.97. The number of azo groups is 1.